The molecule has 0 N–H and O–H groups in total. The molecule has 0 aliphatic rings. The molecule has 0 aliphatic carbocycles. The van der Waals surface area contributed by atoms with E-state index in [0.717, 1.165) is 0 Å². The summed E-state index contributed by atoms with van der Waals surface area (Å²) in [5, 5.41) is 10.3. The minimum Gasteiger partial charge on any atom is -0.784 e. The van der Waals surface area contributed by atoms with Crippen molar-refractivity contribution >= 4 is 17.0 Å². The third kappa shape index (κ3) is 11.3. The Hall–Kier alpha value is 0.490. The van der Waals surface area contributed by atoms with Crippen molar-refractivity contribution in [2.24, 2.45) is 0 Å². The first-order chi connectivity index (χ1) is 6.99. The Kier molecular flexibility index (Phi) is 17.2. The van der Waals surface area contributed by atoms with Gasteiger partial charge in [0, 0.05) is 6.07 Å². The van der Waals surface area contributed by atoms with E-state index >= 15 is 0 Å². The van der Waals surface area contributed by atoms with Gasteiger partial charge < -0.3 is 13.8 Å². The van der Waals surface area contributed by atoms with E-state index in [1.165, 1.54) is 13.2 Å². The number of benzene rings is 1. The molecule has 84 valence electrons. The minimum absolute atomic E-state index is 0. The third-order valence-electron chi connectivity index (χ3n) is 1.28. The van der Waals surface area contributed by atoms with Crippen molar-refractivity contribution in [3.8, 4) is 5.75 Å². The molecule has 1 aromatic rings. The number of hydrogen-bond donors (Lipinski definition) is 0. The van der Waals surface area contributed by atoms with Crippen molar-refractivity contribution in [3.63, 3.8) is 0 Å². The summed E-state index contributed by atoms with van der Waals surface area (Å²) in [6.07, 6.45) is 0. The second-order valence-corrected chi connectivity index (χ2v) is 2.54. The summed E-state index contributed by atoms with van der Waals surface area (Å²) in [6, 6.07) is 6.24. The molecule has 1 aromatic carbocycles. The first kappa shape index (κ1) is 22.7. The Morgan fingerprint density at radius 1 is 1.24 bits per heavy atom. The standard InChI is InChI=1S/C7H7NO3.2Na.H2O3S/c1-11-7-5-3-2-4-6(7)8(9)10;;;1-4(2)3/h2-5H,1H3;;;(H2,1,2,3)/q;2*+1;/p-2. The number of nitro groups is 1. The first-order valence-corrected chi connectivity index (χ1v) is 4.53. The Bertz CT molecular complexity index is 360. The molecule has 0 radical (unpaired) electrons. The normalized spacial score (nSPS) is 8.00. The summed E-state index contributed by atoms with van der Waals surface area (Å²) in [5.74, 6) is 0.289. The zero-order valence-corrected chi connectivity index (χ0v) is 14.4. The number of rotatable bonds is 2. The second-order valence-electron chi connectivity index (χ2n) is 2.13. The molecule has 0 atom stereocenters. The largest absolute Gasteiger partial charge is 1.00 e. The van der Waals surface area contributed by atoms with Crippen LogP contribution < -0.4 is 63.9 Å². The van der Waals surface area contributed by atoms with Crippen molar-refractivity contribution in [2.45, 2.75) is 0 Å². The molecule has 0 fully saturated rings. The number of methoxy groups -OCH3 is 1. The van der Waals surface area contributed by atoms with Crippen LogP contribution in [0.2, 0.25) is 0 Å². The molecule has 0 bridgehead atoms. The Balaban J connectivity index is -0.000000289. The summed E-state index contributed by atoms with van der Waals surface area (Å²) in [7, 11) is 1.41. The monoisotopic (exact) mass is 279 g/mol. The van der Waals surface area contributed by atoms with Gasteiger partial charge in [0.2, 0.25) is 0 Å². The van der Waals surface area contributed by atoms with Crippen LogP contribution in [0.5, 0.6) is 5.75 Å². The van der Waals surface area contributed by atoms with Gasteiger partial charge in [-0.25, -0.2) is 0 Å². The van der Waals surface area contributed by atoms with E-state index in [4.69, 9.17) is 18.1 Å². The summed E-state index contributed by atoms with van der Waals surface area (Å²) in [5.41, 5.74) is -0.00463. The maximum Gasteiger partial charge on any atom is 1.00 e. The van der Waals surface area contributed by atoms with E-state index in [1.54, 1.807) is 18.2 Å². The van der Waals surface area contributed by atoms with E-state index < -0.39 is 16.3 Å². The van der Waals surface area contributed by atoms with Crippen LogP contribution in [0, 0.1) is 10.1 Å². The number of nitro benzene ring substituents is 1. The smallest absolute Gasteiger partial charge is 0.784 e. The second kappa shape index (κ2) is 12.9. The molecule has 1 rings (SSSR count). The third-order valence-corrected chi connectivity index (χ3v) is 1.28. The average Bonchev–Trinajstić information content (AvgIpc) is 2.16. The first-order valence-electron chi connectivity index (χ1n) is 3.53. The van der Waals surface area contributed by atoms with Crippen molar-refractivity contribution in [2.75, 3.05) is 7.11 Å². The van der Waals surface area contributed by atoms with Gasteiger partial charge in [0.05, 0.1) is 12.0 Å². The van der Waals surface area contributed by atoms with Gasteiger partial charge in [0.15, 0.2) is 5.75 Å². The molecule has 0 saturated carbocycles. The Morgan fingerprint density at radius 3 is 1.94 bits per heavy atom. The molecule has 0 aliphatic heterocycles. The van der Waals surface area contributed by atoms with Crippen molar-refractivity contribution in [1.82, 2.24) is 0 Å². The Morgan fingerprint density at radius 2 is 1.65 bits per heavy atom. The van der Waals surface area contributed by atoms with Crippen LogP contribution in [-0.2, 0) is 11.4 Å². The summed E-state index contributed by atoms with van der Waals surface area (Å²) >= 11 is -3.11. The molecule has 17 heavy (non-hydrogen) atoms. The molecule has 0 amide bonds. The van der Waals surface area contributed by atoms with E-state index in [1.807, 2.05) is 0 Å². The molecule has 0 unspecified atom stereocenters. The fraction of sp³-hybridized carbons (Fsp3) is 0.143. The fourth-order valence-electron chi connectivity index (χ4n) is 0.781. The fourth-order valence-corrected chi connectivity index (χ4v) is 0.781. The SMILES string of the molecule is COc1ccccc1[N+](=O)[O-].O=S([O-])[O-].[Na+].[Na+]. The van der Waals surface area contributed by atoms with Crippen LogP contribution >= 0.6 is 0 Å². The van der Waals surface area contributed by atoms with E-state index in [9.17, 15) is 10.1 Å². The number of nitrogens with zero attached hydrogens (tertiary/aromatic N) is 1. The summed E-state index contributed by atoms with van der Waals surface area (Å²) < 4.78 is 30.1. The number of hydrogen-bond acceptors (Lipinski definition) is 6. The molecule has 7 nitrogen and oxygen atoms in total. The molecule has 0 spiro atoms. The zero-order valence-electron chi connectivity index (χ0n) is 9.61. The van der Waals surface area contributed by atoms with Crippen LogP contribution in [0.1, 0.15) is 0 Å². The van der Waals surface area contributed by atoms with E-state index in [-0.39, 0.29) is 70.6 Å². The van der Waals surface area contributed by atoms with Gasteiger partial charge >= 0.3 is 64.8 Å². The molecule has 10 heteroatoms. The molecular weight excluding hydrogens is 272 g/mol. The van der Waals surface area contributed by atoms with Crippen LogP contribution in [0.3, 0.4) is 0 Å². The predicted molar refractivity (Wildman–Crippen MR) is 49.3 cm³/mol. The van der Waals surface area contributed by atoms with Crippen molar-refractivity contribution in [1.29, 1.82) is 0 Å². The molecule has 0 heterocycles. The van der Waals surface area contributed by atoms with Crippen LogP contribution in [0.15, 0.2) is 24.3 Å². The maximum absolute atomic E-state index is 10.3. The molecule has 0 aromatic heterocycles. The maximum atomic E-state index is 10.3. The molecule has 0 saturated heterocycles. The van der Waals surface area contributed by atoms with Gasteiger partial charge in [-0.3, -0.25) is 14.3 Å². The number of para-hydroxylation sites is 2. The number of ether oxygens (including phenoxy) is 1. The Labute approximate surface area is 145 Å². The van der Waals surface area contributed by atoms with Gasteiger partial charge in [-0.2, -0.15) is 0 Å². The van der Waals surface area contributed by atoms with Crippen LogP contribution in [0.4, 0.5) is 5.69 Å². The van der Waals surface area contributed by atoms with Crippen molar-refractivity contribution in [3.05, 3.63) is 34.4 Å². The predicted octanol–water partition coefficient (Wildman–Crippen LogP) is -5.39. The van der Waals surface area contributed by atoms with Crippen LogP contribution in [-0.4, -0.2) is 25.3 Å². The van der Waals surface area contributed by atoms with Gasteiger partial charge in [-0.1, -0.05) is 12.1 Å². The van der Waals surface area contributed by atoms with Gasteiger partial charge in [-0.15, -0.1) is 11.4 Å². The zero-order chi connectivity index (χ0) is 11.8. The van der Waals surface area contributed by atoms with E-state index in [0.29, 0.717) is 0 Å². The van der Waals surface area contributed by atoms with Gasteiger partial charge in [-0.05, 0) is 6.07 Å². The minimum atomic E-state index is -3.11. The van der Waals surface area contributed by atoms with Crippen LogP contribution in [0.25, 0.3) is 0 Å². The summed E-state index contributed by atoms with van der Waals surface area (Å²) in [4.78, 5) is 9.83. The van der Waals surface area contributed by atoms with Gasteiger partial charge in [0.25, 0.3) is 0 Å². The van der Waals surface area contributed by atoms with E-state index in [2.05, 4.69) is 0 Å². The van der Waals surface area contributed by atoms with Crippen molar-refractivity contribution < 1.29 is 82.1 Å². The average molecular weight is 279 g/mol. The topological polar surface area (TPSA) is 116 Å². The summed E-state index contributed by atoms with van der Waals surface area (Å²) in [6.45, 7) is 0. The quantitative estimate of drug-likeness (QED) is 0.231. The van der Waals surface area contributed by atoms with Gasteiger partial charge in [0.1, 0.15) is 0 Å². The molecular formula is C7H7NNa2O6S.